The smallest absolute Gasteiger partial charge is 0.244 e. The van der Waals surface area contributed by atoms with E-state index in [-0.39, 0.29) is 5.91 Å². The van der Waals surface area contributed by atoms with Gasteiger partial charge in [0.15, 0.2) is 0 Å². The molecule has 5 nitrogen and oxygen atoms in total. The summed E-state index contributed by atoms with van der Waals surface area (Å²) in [5, 5.41) is 4.79. The van der Waals surface area contributed by atoms with Gasteiger partial charge in [-0.1, -0.05) is 31.0 Å². The zero-order chi connectivity index (χ0) is 19.1. The normalized spacial score (nSPS) is 16.3. The van der Waals surface area contributed by atoms with E-state index in [1.165, 1.54) is 6.08 Å². The summed E-state index contributed by atoms with van der Waals surface area (Å²) in [5.41, 5.74) is 0.788. The van der Waals surface area contributed by atoms with Crippen molar-refractivity contribution >= 4 is 33.3 Å². The number of hydrogen-bond donors (Lipinski definition) is 1. The first-order valence-electron chi connectivity index (χ1n) is 9.14. The summed E-state index contributed by atoms with van der Waals surface area (Å²) < 4.78 is 27.1. The molecule has 1 aliphatic rings. The molecule has 0 unspecified atom stereocenters. The summed E-state index contributed by atoms with van der Waals surface area (Å²) >= 11 is 1.60. The molecule has 7 heteroatoms. The fourth-order valence-electron chi connectivity index (χ4n) is 3.00. The van der Waals surface area contributed by atoms with Crippen molar-refractivity contribution in [3.63, 3.8) is 0 Å². The van der Waals surface area contributed by atoms with E-state index in [0.29, 0.717) is 24.5 Å². The van der Waals surface area contributed by atoms with Gasteiger partial charge in [0.05, 0.1) is 11.4 Å². The van der Waals surface area contributed by atoms with Crippen molar-refractivity contribution in [2.45, 2.75) is 37.1 Å². The van der Waals surface area contributed by atoms with Crippen LogP contribution in [0.3, 0.4) is 0 Å². The van der Waals surface area contributed by atoms with Gasteiger partial charge in [-0.3, -0.25) is 4.79 Å². The number of carbonyl (C=O) groups is 1. The van der Waals surface area contributed by atoms with Crippen LogP contribution in [0.15, 0.2) is 52.7 Å². The van der Waals surface area contributed by atoms with E-state index in [1.807, 2.05) is 17.5 Å². The SMILES string of the molecule is O=C(C=Cc1ccc(S(=O)(=O)N2CCCCCC2)cc1)NCc1cccs1. The minimum Gasteiger partial charge on any atom is -0.348 e. The number of thiophene rings is 1. The van der Waals surface area contributed by atoms with Crippen molar-refractivity contribution in [3.05, 3.63) is 58.3 Å². The number of sulfonamides is 1. The predicted molar refractivity (Wildman–Crippen MR) is 109 cm³/mol. The molecule has 1 saturated heterocycles. The molecule has 1 aliphatic heterocycles. The van der Waals surface area contributed by atoms with Crippen molar-refractivity contribution in [3.8, 4) is 0 Å². The minimum atomic E-state index is -3.44. The average molecular weight is 405 g/mol. The molecule has 1 N–H and O–H groups in total. The molecule has 3 rings (SSSR count). The van der Waals surface area contributed by atoms with Gasteiger partial charge in [0.1, 0.15) is 0 Å². The Bertz CT molecular complexity index is 864. The Morgan fingerprint density at radius 2 is 1.78 bits per heavy atom. The molecule has 0 atom stereocenters. The molecule has 27 heavy (non-hydrogen) atoms. The van der Waals surface area contributed by atoms with Crippen LogP contribution in [0, 0.1) is 0 Å². The average Bonchev–Trinajstić information content (AvgIpc) is 3.04. The summed E-state index contributed by atoms with van der Waals surface area (Å²) in [4.78, 5) is 13.3. The molecule has 0 bridgehead atoms. The van der Waals surface area contributed by atoms with Gasteiger partial charge >= 0.3 is 0 Å². The fourth-order valence-corrected chi connectivity index (χ4v) is 5.16. The van der Waals surface area contributed by atoms with E-state index >= 15 is 0 Å². The summed E-state index contributed by atoms with van der Waals surface area (Å²) in [5.74, 6) is -0.176. The Labute approximate surface area is 164 Å². The van der Waals surface area contributed by atoms with Gasteiger partial charge in [-0.15, -0.1) is 11.3 Å². The fraction of sp³-hybridized carbons (Fsp3) is 0.350. The minimum absolute atomic E-state index is 0.176. The van der Waals surface area contributed by atoms with Gasteiger partial charge < -0.3 is 5.32 Å². The van der Waals surface area contributed by atoms with Crippen LogP contribution in [0.25, 0.3) is 6.08 Å². The maximum Gasteiger partial charge on any atom is 0.244 e. The van der Waals surface area contributed by atoms with Crippen LogP contribution in [-0.4, -0.2) is 31.7 Å². The second-order valence-electron chi connectivity index (χ2n) is 6.52. The van der Waals surface area contributed by atoms with Crippen LogP contribution in [0.4, 0.5) is 0 Å². The number of nitrogens with one attached hydrogen (secondary N) is 1. The predicted octanol–water partition coefficient (Wildman–Crippen LogP) is 3.64. The number of carbonyl (C=O) groups excluding carboxylic acids is 1. The Morgan fingerprint density at radius 3 is 2.41 bits per heavy atom. The summed E-state index contributed by atoms with van der Waals surface area (Å²) in [6.07, 6.45) is 7.16. The molecule has 144 valence electrons. The highest BCUT2D eigenvalue weighted by Gasteiger charge is 2.24. The second-order valence-corrected chi connectivity index (χ2v) is 9.49. The first-order valence-corrected chi connectivity index (χ1v) is 11.5. The third-order valence-electron chi connectivity index (χ3n) is 4.53. The monoisotopic (exact) mass is 404 g/mol. The third kappa shape index (κ3) is 5.51. The van der Waals surface area contributed by atoms with Crippen LogP contribution >= 0.6 is 11.3 Å². The van der Waals surface area contributed by atoms with E-state index in [9.17, 15) is 13.2 Å². The Hall–Kier alpha value is -1.96. The van der Waals surface area contributed by atoms with Gasteiger partial charge in [0, 0.05) is 24.0 Å². The van der Waals surface area contributed by atoms with E-state index in [2.05, 4.69) is 5.32 Å². The van der Waals surface area contributed by atoms with Gasteiger partial charge in [0.2, 0.25) is 15.9 Å². The highest BCUT2D eigenvalue weighted by Crippen LogP contribution is 2.21. The number of nitrogens with zero attached hydrogens (tertiary/aromatic N) is 1. The van der Waals surface area contributed by atoms with Crippen LogP contribution in [0.2, 0.25) is 0 Å². The molecular formula is C20H24N2O3S2. The molecular weight excluding hydrogens is 380 g/mol. The first-order chi connectivity index (χ1) is 13.1. The maximum absolute atomic E-state index is 12.8. The quantitative estimate of drug-likeness (QED) is 0.748. The maximum atomic E-state index is 12.8. The molecule has 1 amide bonds. The lowest BCUT2D eigenvalue weighted by atomic mass is 10.2. The Balaban J connectivity index is 1.59. The van der Waals surface area contributed by atoms with Gasteiger partial charge in [-0.05, 0) is 48.1 Å². The summed E-state index contributed by atoms with van der Waals surface area (Å²) in [7, 11) is -3.44. The van der Waals surface area contributed by atoms with Crippen LogP contribution in [0.5, 0.6) is 0 Å². The van der Waals surface area contributed by atoms with Crippen molar-refractivity contribution < 1.29 is 13.2 Å². The zero-order valence-electron chi connectivity index (χ0n) is 15.1. The number of hydrogen-bond acceptors (Lipinski definition) is 4. The number of rotatable bonds is 6. The second kappa shape index (κ2) is 9.30. The Kier molecular flexibility index (Phi) is 6.82. The van der Waals surface area contributed by atoms with Crippen LogP contribution < -0.4 is 5.32 Å². The van der Waals surface area contributed by atoms with Crippen molar-refractivity contribution in [2.24, 2.45) is 0 Å². The van der Waals surface area contributed by atoms with Gasteiger partial charge in [-0.25, -0.2) is 8.42 Å². The van der Waals surface area contributed by atoms with E-state index < -0.39 is 10.0 Å². The van der Waals surface area contributed by atoms with Crippen LogP contribution in [0.1, 0.15) is 36.1 Å². The lowest BCUT2D eigenvalue weighted by Crippen LogP contribution is -2.31. The molecule has 0 spiro atoms. The molecule has 2 aromatic rings. The van der Waals surface area contributed by atoms with E-state index in [4.69, 9.17) is 0 Å². The number of amides is 1. The molecule has 0 aliphatic carbocycles. The molecule has 1 aromatic heterocycles. The Morgan fingerprint density at radius 1 is 1.07 bits per heavy atom. The lowest BCUT2D eigenvalue weighted by Gasteiger charge is -2.19. The summed E-state index contributed by atoms with van der Waals surface area (Å²) in [6.45, 7) is 1.69. The molecule has 0 saturated carbocycles. The van der Waals surface area contributed by atoms with E-state index in [0.717, 1.165) is 36.1 Å². The molecule has 2 heterocycles. The largest absolute Gasteiger partial charge is 0.348 e. The van der Waals surface area contributed by atoms with Gasteiger partial charge in [-0.2, -0.15) is 4.31 Å². The van der Waals surface area contributed by atoms with Crippen LogP contribution in [-0.2, 0) is 21.4 Å². The van der Waals surface area contributed by atoms with E-state index in [1.54, 1.807) is 46.0 Å². The third-order valence-corrected chi connectivity index (χ3v) is 7.32. The lowest BCUT2D eigenvalue weighted by molar-refractivity contribution is -0.116. The topological polar surface area (TPSA) is 66.5 Å². The van der Waals surface area contributed by atoms with Crippen molar-refractivity contribution in [2.75, 3.05) is 13.1 Å². The van der Waals surface area contributed by atoms with Crippen molar-refractivity contribution in [1.82, 2.24) is 9.62 Å². The van der Waals surface area contributed by atoms with Crippen molar-refractivity contribution in [1.29, 1.82) is 0 Å². The first kappa shape index (κ1) is 19.8. The highest BCUT2D eigenvalue weighted by atomic mass is 32.2. The molecule has 0 radical (unpaired) electrons. The number of benzene rings is 1. The van der Waals surface area contributed by atoms with Gasteiger partial charge in [0.25, 0.3) is 0 Å². The standard InChI is InChI=1S/C20H24N2O3S2/c23-20(21-16-18-6-5-15-26-18)12-9-17-7-10-19(11-8-17)27(24,25)22-13-3-1-2-4-14-22/h5-12,15H,1-4,13-14,16H2,(H,21,23). The zero-order valence-corrected chi connectivity index (χ0v) is 16.8. The highest BCUT2D eigenvalue weighted by molar-refractivity contribution is 7.89. The summed E-state index contributed by atoms with van der Waals surface area (Å²) in [6, 6.07) is 10.6. The molecule has 1 fully saturated rings. The molecule has 1 aromatic carbocycles.